The Hall–Kier alpha value is -1.30. The van der Waals surface area contributed by atoms with Gasteiger partial charge in [-0.05, 0) is 19.4 Å². The van der Waals surface area contributed by atoms with Crippen molar-refractivity contribution < 1.29 is 18.9 Å². The Morgan fingerprint density at radius 3 is 2.62 bits per heavy atom. The third-order valence-corrected chi connectivity index (χ3v) is 3.95. The highest BCUT2D eigenvalue weighted by molar-refractivity contribution is 5.40. The van der Waals surface area contributed by atoms with E-state index in [9.17, 15) is 0 Å². The molecule has 0 amide bonds. The average Bonchev–Trinajstić information content (AvgIpc) is 2.50. The molecule has 0 aliphatic heterocycles. The second kappa shape index (κ2) is 7.64. The maximum atomic E-state index is 5.63. The van der Waals surface area contributed by atoms with Crippen LogP contribution in [0, 0.1) is 0 Å². The molecule has 1 aliphatic carbocycles. The van der Waals surface area contributed by atoms with Gasteiger partial charge < -0.3 is 24.3 Å². The van der Waals surface area contributed by atoms with Crippen molar-refractivity contribution in [3.05, 3.63) is 23.8 Å². The van der Waals surface area contributed by atoms with E-state index in [2.05, 4.69) is 5.32 Å². The van der Waals surface area contributed by atoms with Crippen molar-refractivity contribution in [2.75, 3.05) is 27.9 Å². The molecule has 5 heteroatoms. The van der Waals surface area contributed by atoms with E-state index in [-0.39, 0.29) is 12.2 Å². The maximum absolute atomic E-state index is 5.63. The molecule has 1 aromatic carbocycles. The van der Waals surface area contributed by atoms with E-state index in [1.165, 1.54) is 0 Å². The van der Waals surface area contributed by atoms with Crippen molar-refractivity contribution in [1.82, 2.24) is 5.32 Å². The predicted octanol–water partition coefficient (Wildman–Crippen LogP) is 1.99. The Bertz CT molecular complexity index is 452. The molecular formula is C16H25NO4. The second-order valence-corrected chi connectivity index (χ2v) is 5.09. The van der Waals surface area contributed by atoms with Gasteiger partial charge in [0.15, 0.2) is 0 Å². The highest BCUT2D eigenvalue weighted by Crippen LogP contribution is 2.29. The van der Waals surface area contributed by atoms with E-state index >= 15 is 0 Å². The third kappa shape index (κ3) is 3.67. The molecule has 3 atom stereocenters. The molecule has 118 valence electrons. The van der Waals surface area contributed by atoms with E-state index in [0.29, 0.717) is 6.04 Å². The lowest BCUT2D eigenvalue weighted by Crippen LogP contribution is -2.59. The lowest BCUT2D eigenvalue weighted by atomic mass is 9.85. The summed E-state index contributed by atoms with van der Waals surface area (Å²) in [5.41, 5.74) is 1.10. The van der Waals surface area contributed by atoms with Gasteiger partial charge in [0, 0.05) is 37.9 Å². The van der Waals surface area contributed by atoms with Crippen LogP contribution in [0.4, 0.5) is 0 Å². The molecule has 1 N–H and O–H groups in total. The van der Waals surface area contributed by atoms with Gasteiger partial charge in [-0.25, -0.2) is 0 Å². The number of ether oxygens (including phenoxy) is 4. The van der Waals surface area contributed by atoms with E-state index in [0.717, 1.165) is 36.6 Å². The number of hydrogen-bond donors (Lipinski definition) is 1. The van der Waals surface area contributed by atoms with Crippen LogP contribution in [-0.2, 0) is 16.0 Å². The fourth-order valence-electron chi connectivity index (χ4n) is 2.71. The topological polar surface area (TPSA) is 49.0 Å². The summed E-state index contributed by atoms with van der Waals surface area (Å²) < 4.78 is 21.8. The first-order valence-electron chi connectivity index (χ1n) is 7.32. The summed E-state index contributed by atoms with van der Waals surface area (Å²) in [6, 6.07) is 6.18. The first kappa shape index (κ1) is 16.1. The fraction of sp³-hybridized carbons (Fsp3) is 0.625. The molecule has 0 aromatic heterocycles. The second-order valence-electron chi connectivity index (χ2n) is 5.09. The first-order chi connectivity index (χ1) is 10.2. The summed E-state index contributed by atoms with van der Waals surface area (Å²) in [7, 11) is 5.06. The van der Waals surface area contributed by atoms with Crippen molar-refractivity contribution in [1.29, 1.82) is 0 Å². The first-order valence-corrected chi connectivity index (χ1v) is 7.32. The minimum absolute atomic E-state index is 0.120. The number of benzene rings is 1. The molecule has 1 fully saturated rings. The molecule has 1 aliphatic rings. The van der Waals surface area contributed by atoms with Crippen LogP contribution in [0.5, 0.6) is 11.5 Å². The predicted molar refractivity (Wildman–Crippen MR) is 81.0 cm³/mol. The molecule has 2 rings (SSSR count). The zero-order valence-electron chi connectivity index (χ0n) is 13.2. The van der Waals surface area contributed by atoms with Crippen LogP contribution < -0.4 is 14.8 Å². The van der Waals surface area contributed by atoms with E-state index in [1.807, 2.05) is 25.1 Å². The zero-order valence-corrected chi connectivity index (χ0v) is 13.2. The summed E-state index contributed by atoms with van der Waals surface area (Å²) in [4.78, 5) is 0. The summed E-state index contributed by atoms with van der Waals surface area (Å²) in [5, 5.41) is 3.51. The Labute approximate surface area is 126 Å². The van der Waals surface area contributed by atoms with Gasteiger partial charge >= 0.3 is 0 Å². The molecule has 3 unspecified atom stereocenters. The minimum Gasteiger partial charge on any atom is -0.497 e. The molecule has 0 saturated heterocycles. The van der Waals surface area contributed by atoms with Gasteiger partial charge in [-0.3, -0.25) is 0 Å². The van der Waals surface area contributed by atoms with Crippen LogP contribution >= 0.6 is 0 Å². The van der Waals surface area contributed by atoms with Gasteiger partial charge in [0.2, 0.25) is 0 Å². The number of rotatable bonds is 8. The molecule has 0 radical (unpaired) electrons. The molecule has 0 spiro atoms. The van der Waals surface area contributed by atoms with Crippen molar-refractivity contribution >= 4 is 0 Å². The monoisotopic (exact) mass is 295 g/mol. The molecular weight excluding hydrogens is 270 g/mol. The van der Waals surface area contributed by atoms with Gasteiger partial charge in [-0.15, -0.1) is 0 Å². The van der Waals surface area contributed by atoms with Gasteiger partial charge in [0.25, 0.3) is 0 Å². The van der Waals surface area contributed by atoms with Crippen LogP contribution in [0.3, 0.4) is 0 Å². The lowest BCUT2D eigenvalue weighted by Gasteiger charge is -2.43. The summed E-state index contributed by atoms with van der Waals surface area (Å²) >= 11 is 0. The number of nitrogens with one attached hydrogen (secondary N) is 1. The highest BCUT2D eigenvalue weighted by Gasteiger charge is 2.41. The SMILES string of the molecule is CCOC1CC(NCc2ccc(OC)cc2OC)C1OC. The maximum Gasteiger partial charge on any atom is 0.127 e. The van der Waals surface area contributed by atoms with Crippen molar-refractivity contribution in [2.24, 2.45) is 0 Å². The molecule has 1 saturated carbocycles. The zero-order chi connectivity index (χ0) is 15.2. The van der Waals surface area contributed by atoms with Crippen LogP contribution in [0.2, 0.25) is 0 Å². The van der Waals surface area contributed by atoms with Crippen LogP contribution in [0.1, 0.15) is 18.9 Å². The van der Waals surface area contributed by atoms with Gasteiger partial charge in [-0.1, -0.05) is 6.07 Å². The summed E-state index contributed by atoms with van der Waals surface area (Å²) in [6.45, 7) is 3.47. The Kier molecular flexibility index (Phi) is 5.85. The Morgan fingerprint density at radius 1 is 1.19 bits per heavy atom. The van der Waals surface area contributed by atoms with Crippen LogP contribution in [0.15, 0.2) is 18.2 Å². The van der Waals surface area contributed by atoms with Gasteiger partial charge in [-0.2, -0.15) is 0 Å². The third-order valence-electron chi connectivity index (χ3n) is 3.95. The largest absolute Gasteiger partial charge is 0.497 e. The smallest absolute Gasteiger partial charge is 0.127 e. The van der Waals surface area contributed by atoms with E-state index < -0.39 is 0 Å². The molecule has 0 bridgehead atoms. The minimum atomic E-state index is 0.120. The number of hydrogen-bond acceptors (Lipinski definition) is 5. The van der Waals surface area contributed by atoms with Crippen molar-refractivity contribution in [2.45, 2.75) is 38.1 Å². The standard InChI is InChI=1S/C16H25NO4/c1-5-21-15-9-13(16(15)20-4)17-10-11-6-7-12(18-2)8-14(11)19-3/h6-8,13,15-17H,5,9-10H2,1-4H3. The molecule has 21 heavy (non-hydrogen) atoms. The number of methoxy groups -OCH3 is 3. The summed E-state index contributed by atoms with van der Waals surface area (Å²) in [5.74, 6) is 1.63. The van der Waals surface area contributed by atoms with Crippen LogP contribution in [0.25, 0.3) is 0 Å². The van der Waals surface area contributed by atoms with Crippen molar-refractivity contribution in [3.8, 4) is 11.5 Å². The van der Waals surface area contributed by atoms with Gasteiger partial charge in [0.1, 0.15) is 11.5 Å². The molecule has 5 nitrogen and oxygen atoms in total. The quantitative estimate of drug-likeness (QED) is 0.795. The summed E-state index contributed by atoms with van der Waals surface area (Å²) in [6.07, 6.45) is 1.30. The Balaban J connectivity index is 1.91. The Morgan fingerprint density at radius 2 is 2.00 bits per heavy atom. The normalized spacial score (nSPS) is 24.5. The highest BCUT2D eigenvalue weighted by atomic mass is 16.5. The van der Waals surface area contributed by atoms with E-state index in [1.54, 1.807) is 21.3 Å². The fourth-order valence-corrected chi connectivity index (χ4v) is 2.71. The molecule has 0 heterocycles. The van der Waals surface area contributed by atoms with Gasteiger partial charge in [0.05, 0.1) is 26.4 Å². The van der Waals surface area contributed by atoms with Crippen LogP contribution in [-0.4, -0.2) is 46.2 Å². The van der Waals surface area contributed by atoms with Crippen molar-refractivity contribution in [3.63, 3.8) is 0 Å². The average molecular weight is 295 g/mol. The van der Waals surface area contributed by atoms with E-state index in [4.69, 9.17) is 18.9 Å². The molecule has 1 aromatic rings. The lowest BCUT2D eigenvalue weighted by molar-refractivity contribution is -0.131.